The van der Waals surface area contributed by atoms with Crippen molar-refractivity contribution in [3.05, 3.63) is 11.7 Å². The molecule has 2 aliphatic rings. The van der Waals surface area contributed by atoms with E-state index in [1.165, 1.54) is 25.9 Å². The van der Waals surface area contributed by atoms with Gasteiger partial charge in [-0.2, -0.15) is 4.98 Å². The number of aryl methyl sites for hydroxylation is 1. The molecule has 15 heavy (non-hydrogen) atoms. The Labute approximate surface area is 95.2 Å². The number of fused-ring (bicyclic) bond motifs is 1. The molecule has 0 bridgehead atoms. The van der Waals surface area contributed by atoms with Crippen molar-refractivity contribution in [2.24, 2.45) is 11.8 Å². The summed E-state index contributed by atoms with van der Waals surface area (Å²) in [4.78, 5) is 4.32. The molecule has 1 N–H and O–H groups in total. The standard InChI is InChI=1S/C10H15N3O.ClH/c1-6-12-10(13-14-6)7-2-8-4-11-5-9(8)3-7;/h7-9,11H,2-5H2,1H3;1H/t8-,9-;/m0./s1. The maximum Gasteiger partial charge on any atom is 0.223 e. The van der Waals surface area contributed by atoms with Crippen molar-refractivity contribution in [2.75, 3.05) is 13.1 Å². The lowest BCUT2D eigenvalue weighted by atomic mass is 10.0. The molecule has 2 atom stereocenters. The zero-order valence-electron chi connectivity index (χ0n) is 8.77. The summed E-state index contributed by atoms with van der Waals surface area (Å²) in [5.74, 6) is 3.86. The van der Waals surface area contributed by atoms with Crippen LogP contribution in [0.4, 0.5) is 0 Å². The van der Waals surface area contributed by atoms with Gasteiger partial charge in [-0.3, -0.25) is 0 Å². The fourth-order valence-corrected chi connectivity index (χ4v) is 2.86. The Morgan fingerprint density at radius 2 is 1.93 bits per heavy atom. The zero-order chi connectivity index (χ0) is 9.54. The number of hydrogen-bond donors (Lipinski definition) is 1. The molecule has 3 rings (SSSR count). The molecule has 2 heterocycles. The Kier molecular flexibility index (Phi) is 2.98. The first kappa shape index (κ1) is 10.9. The first-order valence-electron chi connectivity index (χ1n) is 5.34. The van der Waals surface area contributed by atoms with Crippen molar-refractivity contribution in [3.8, 4) is 0 Å². The Morgan fingerprint density at radius 3 is 2.47 bits per heavy atom. The molecule has 5 heteroatoms. The van der Waals surface area contributed by atoms with E-state index >= 15 is 0 Å². The Morgan fingerprint density at radius 1 is 1.27 bits per heavy atom. The van der Waals surface area contributed by atoms with Crippen molar-refractivity contribution < 1.29 is 4.52 Å². The normalized spacial score (nSPS) is 30.2. The molecule has 0 amide bonds. The van der Waals surface area contributed by atoms with Crippen LogP contribution in [0, 0.1) is 18.8 Å². The van der Waals surface area contributed by atoms with Crippen LogP contribution in [0.3, 0.4) is 0 Å². The molecule has 4 nitrogen and oxygen atoms in total. The van der Waals surface area contributed by atoms with Gasteiger partial charge in [-0.15, -0.1) is 12.4 Å². The molecule has 1 aromatic rings. The Bertz CT molecular complexity index is 329. The van der Waals surface area contributed by atoms with Gasteiger partial charge < -0.3 is 9.84 Å². The van der Waals surface area contributed by atoms with Crippen molar-refractivity contribution >= 4 is 12.4 Å². The minimum absolute atomic E-state index is 0. The highest BCUT2D eigenvalue weighted by Crippen LogP contribution is 2.42. The SMILES string of the molecule is Cc1nc(C2C[C@H]3CNC[C@@H]3C2)no1.Cl. The second-order valence-electron chi connectivity index (χ2n) is 4.52. The van der Waals surface area contributed by atoms with Crippen LogP contribution in [0.2, 0.25) is 0 Å². The van der Waals surface area contributed by atoms with Gasteiger partial charge in [-0.1, -0.05) is 5.16 Å². The van der Waals surface area contributed by atoms with Crippen LogP contribution in [0.5, 0.6) is 0 Å². The van der Waals surface area contributed by atoms with Crippen LogP contribution in [-0.4, -0.2) is 23.2 Å². The van der Waals surface area contributed by atoms with Gasteiger partial charge in [-0.25, -0.2) is 0 Å². The number of halogens is 1. The molecular formula is C10H16ClN3O. The van der Waals surface area contributed by atoms with Crippen LogP contribution in [0.1, 0.15) is 30.5 Å². The quantitative estimate of drug-likeness (QED) is 0.793. The number of hydrogen-bond acceptors (Lipinski definition) is 4. The molecule has 0 aromatic carbocycles. The van der Waals surface area contributed by atoms with Crippen LogP contribution >= 0.6 is 12.4 Å². The third-order valence-corrected chi connectivity index (χ3v) is 3.56. The monoisotopic (exact) mass is 229 g/mol. The van der Waals surface area contributed by atoms with E-state index in [0.717, 1.165) is 17.7 Å². The first-order chi connectivity index (χ1) is 6.83. The van der Waals surface area contributed by atoms with Crippen LogP contribution < -0.4 is 5.32 Å². The van der Waals surface area contributed by atoms with Crippen molar-refractivity contribution in [1.29, 1.82) is 0 Å². The molecular weight excluding hydrogens is 214 g/mol. The van der Waals surface area contributed by atoms with E-state index in [4.69, 9.17) is 4.52 Å². The number of nitrogens with one attached hydrogen (secondary N) is 1. The summed E-state index contributed by atoms with van der Waals surface area (Å²) in [7, 11) is 0. The summed E-state index contributed by atoms with van der Waals surface area (Å²) in [6.45, 7) is 4.21. The van der Waals surface area contributed by atoms with Crippen molar-refractivity contribution in [3.63, 3.8) is 0 Å². The van der Waals surface area contributed by atoms with Crippen LogP contribution in [-0.2, 0) is 0 Å². The molecule has 0 radical (unpaired) electrons. The van der Waals surface area contributed by atoms with Gasteiger partial charge in [0.05, 0.1) is 0 Å². The summed E-state index contributed by atoms with van der Waals surface area (Å²) in [5.41, 5.74) is 0. The molecule has 1 aliphatic heterocycles. The Hall–Kier alpha value is -0.610. The fraction of sp³-hybridized carbons (Fsp3) is 0.800. The van der Waals surface area contributed by atoms with E-state index in [2.05, 4.69) is 15.5 Å². The fourth-order valence-electron chi connectivity index (χ4n) is 2.86. The lowest BCUT2D eigenvalue weighted by Crippen LogP contribution is -2.11. The van der Waals surface area contributed by atoms with E-state index < -0.39 is 0 Å². The minimum atomic E-state index is 0. The third-order valence-electron chi connectivity index (χ3n) is 3.56. The van der Waals surface area contributed by atoms with Crippen LogP contribution in [0.15, 0.2) is 4.52 Å². The molecule has 1 aliphatic carbocycles. The summed E-state index contributed by atoms with van der Waals surface area (Å²) < 4.78 is 5.02. The van der Waals surface area contributed by atoms with Gasteiger partial charge in [0, 0.05) is 12.8 Å². The van der Waals surface area contributed by atoms with Crippen molar-refractivity contribution in [2.45, 2.75) is 25.7 Å². The molecule has 2 fully saturated rings. The lowest BCUT2D eigenvalue weighted by Gasteiger charge is -2.04. The molecule has 0 spiro atoms. The first-order valence-corrected chi connectivity index (χ1v) is 5.34. The molecule has 1 aromatic heterocycles. The highest BCUT2D eigenvalue weighted by molar-refractivity contribution is 5.85. The van der Waals surface area contributed by atoms with Gasteiger partial charge in [0.15, 0.2) is 5.82 Å². The molecule has 84 valence electrons. The number of rotatable bonds is 1. The van der Waals surface area contributed by atoms with Gasteiger partial charge in [0.25, 0.3) is 0 Å². The second kappa shape index (κ2) is 4.10. The summed E-state index contributed by atoms with van der Waals surface area (Å²) in [6, 6.07) is 0. The topological polar surface area (TPSA) is 51.0 Å². The lowest BCUT2D eigenvalue weighted by molar-refractivity contribution is 0.381. The van der Waals surface area contributed by atoms with Crippen molar-refractivity contribution in [1.82, 2.24) is 15.5 Å². The highest BCUT2D eigenvalue weighted by atomic mass is 35.5. The smallest absolute Gasteiger partial charge is 0.223 e. The van der Waals surface area contributed by atoms with E-state index in [1.807, 2.05) is 6.92 Å². The summed E-state index contributed by atoms with van der Waals surface area (Å²) >= 11 is 0. The zero-order valence-corrected chi connectivity index (χ0v) is 9.59. The van der Waals surface area contributed by atoms with E-state index in [-0.39, 0.29) is 12.4 Å². The number of nitrogens with zero attached hydrogens (tertiary/aromatic N) is 2. The maximum atomic E-state index is 5.02. The maximum absolute atomic E-state index is 5.02. The molecule has 1 saturated heterocycles. The van der Waals surface area contributed by atoms with Gasteiger partial charge in [-0.05, 0) is 37.8 Å². The average Bonchev–Trinajstić information content (AvgIpc) is 2.75. The predicted molar refractivity (Wildman–Crippen MR) is 58.1 cm³/mol. The largest absolute Gasteiger partial charge is 0.340 e. The summed E-state index contributed by atoms with van der Waals surface area (Å²) in [6.07, 6.45) is 2.47. The van der Waals surface area contributed by atoms with Gasteiger partial charge >= 0.3 is 0 Å². The Balaban J connectivity index is 0.000000853. The molecule has 0 unspecified atom stereocenters. The molecule has 1 saturated carbocycles. The second-order valence-corrected chi connectivity index (χ2v) is 4.52. The van der Waals surface area contributed by atoms with E-state index in [9.17, 15) is 0 Å². The van der Waals surface area contributed by atoms with E-state index in [0.29, 0.717) is 11.8 Å². The third kappa shape index (κ3) is 1.88. The highest BCUT2D eigenvalue weighted by Gasteiger charge is 2.39. The summed E-state index contributed by atoms with van der Waals surface area (Å²) in [5, 5.41) is 7.46. The van der Waals surface area contributed by atoms with Gasteiger partial charge in [0.2, 0.25) is 5.89 Å². The minimum Gasteiger partial charge on any atom is -0.340 e. The predicted octanol–water partition coefficient (Wildman–Crippen LogP) is 1.51. The van der Waals surface area contributed by atoms with Crippen LogP contribution in [0.25, 0.3) is 0 Å². The number of aromatic nitrogens is 2. The average molecular weight is 230 g/mol. The van der Waals surface area contributed by atoms with Gasteiger partial charge in [0.1, 0.15) is 0 Å². The van der Waals surface area contributed by atoms with E-state index in [1.54, 1.807) is 0 Å².